The van der Waals surface area contributed by atoms with E-state index in [0.29, 0.717) is 18.5 Å². The van der Waals surface area contributed by atoms with Crippen molar-refractivity contribution in [2.45, 2.75) is 12.8 Å². The molecule has 0 bridgehead atoms. The first-order chi connectivity index (χ1) is 16.5. The Kier molecular flexibility index (Phi) is 7.47. The van der Waals surface area contributed by atoms with E-state index in [9.17, 15) is 9.18 Å². The van der Waals surface area contributed by atoms with Crippen LogP contribution in [0.25, 0.3) is 22.2 Å². The van der Waals surface area contributed by atoms with Crippen molar-refractivity contribution in [1.82, 2.24) is 15.6 Å². The lowest BCUT2D eigenvalue weighted by Gasteiger charge is -2.22. The van der Waals surface area contributed by atoms with Crippen LogP contribution in [0.4, 0.5) is 10.1 Å². The molecule has 34 heavy (non-hydrogen) atoms. The van der Waals surface area contributed by atoms with Gasteiger partial charge < -0.3 is 25.0 Å². The zero-order chi connectivity index (χ0) is 24.1. The Morgan fingerprint density at radius 2 is 2.00 bits per heavy atom. The predicted octanol–water partition coefficient (Wildman–Crippen LogP) is 3.61. The van der Waals surface area contributed by atoms with E-state index >= 15 is 0 Å². The Balaban J connectivity index is 1.69. The maximum absolute atomic E-state index is 14.6. The van der Waals surface area contributed by atoms with E-state index in [2.05, 4.69) is 15.5 Å². The molecule has 1 aliphatic rings. The fourth-order valence-electron chi connectivity index (χ4n) is 4.35. The summed E-state index contributed by atoms with van der Waals surface area (Å²) in [5, 5.41) is 6.49. The number of hydrogen-bond donors (Lipinski definition) is 2. The predicted molar refractivity (Wildman–Crippen MR) is 132 cm³/mol. The number of hydrogen-bond acceptors (Lipinski definition) is 6. The molecule has 8 heteroatoms. The lowest BCUT2D eigenvalue weighted by atomic mass is 10.0. The van der Waals surface area contributed by atoms with Gasteiger partial charge in [-0.1, -0.05) is 0 Å². The zero-order valence-electron chi connectivity index (χ0n) is 19.9. The molecule has 0 spiro atoms. The molecule has 2 aromatic carbocycles. The van der Waals surface area contributed by atoms with Gasteiger partial charge in [-0.3, -0.25) is 4.79 Å². The minimum Gasteiger partial charge on any atom is -0.494 e. The molecule has 180 valence electrons. The number of ether oxygens (including phenoxy) is 2. The van der Waals surface area contributed by atoms with E-state index in [1.54, 1.807) is 13.1 Å². The summed E-state index contributed by atoms with van der Waals surface area (Å²) in [6.45, 7) is 2.89. The summed E-state index contributed by atoms with van der Waals surface area (Å²) in [4.78, 5) is 18.9. The number of halogens is 1. The quantitative estimate of drug-likeness (QED) is 0.470. The van der Waals surface area contributed by atoms with Crippen LogP contribution in [-0.4, -0.2) is 58.3 Å². The lowest BCUT2D eigenvalue weighted by Crippen LogP contribution is -2.24. The van der Waals surface area contributed by atoms with Gasteiger partial charge in [0.1, 0.15) is 12.4 Å². The Hall–Kier alpha value is -3.39. The van der Waals surface area contributed by atoms with Gasteiger partial charge in [0.25, 0.3) is 0 Å². The summed E-state index contributed by atoms with van der Waals surface area (Å²) in [5.74, 6) is 0.828. The largest absolute Gasteiger partial charge is 0.494 e. The van der Waals surface area contributed by atoms with E-state index < -0.39 is 5.82 Å². The molecule has 3 aromatic rings. The summed E-state index contributed by atoms with van der Waals surface area (Å²) < 4.78 is 25.6. The van der Waals surface area contributed by atoms with Crippen molar-refractivity contribution in [1.29, 1.82) is 0 Å². The van der Waals surface area contributed by atoms with E-state index in [1.807, 2.05) is 37.4 Å². The molecule has 7 nitrogen and oxygen atoms in total. The highest BCUT2D eigenvalue weighted by atomic mass is 19.1. The van der Waals surface area contributed by atoms with Gasteiger partial charge >= 0.3 is 0 Å². The molecule has 1 aliphatic heterocycles. The minimum atomic E-state index is -0.421. The summed E-state index contributed by atoms with van der Waals surface area (Å²) in [5.41, 5.74) is 3.30. The highest BCUT2D eigenvalue weighted by molar-refractivity contribution is 5.95. The molecule has 1 aromatic heterocycles. The number of carbonyl (C=O) groups excluding carboxylic acids is 1. The van der Waals surface area contributed by atoms with E-state index in [-0.39, 0.29) is 17.6 Å². The number of rotatable bonds is 9. The maximum atomic E-state index is 14.6. The zero-order valence-corrected chi connectivity index (χ0v) is 19.9. The molecule has 0 radical (unpaired) electrons. The SMILES string of the molecule is CNCCOc1ccc(-c2cc(N3CCC(CC(=O)NC)C3)c3cc(F)c(OC)cc3n2)cc1. The summed E-state index contributed by atoms with van der Waals surface area (Å²) in [7, 11) is 4.99. The molecule has 2 heterocycles. The molecule has 1 fully saturated rings. The van der Waals surface area contributed by atoms with Crippen molar-refractivity contribution in [3.8, 4) is 22.8 Å². The first-order valence-electron chi connectivity index (χ1n) is 11.5. The summed E-state index contributed by atoms with van der Waals surface area (Å²) in [6, 6.07) is 13.0. The Labute approximate surface area is 199 Å². The van der Waals surface area contributed by atoms with Crippen molar-refractivity contribution in [2.75, 3.05) is 52.3 Å². The van der Waals surface area contributed by atoms with Crippen LogP contribution in [0.5, 0.6) is 11.5 Å². The van der Waals surface area contributed by atoms with Crippen molar-refractivity contribution in [3.05, 3.63) is 48.3 Å². The van der Waals surface area contributed by atoms with Crippen LogP contribution in [0.1, 0.15) is 12.8 Å². The number of aromatic nitrogens is 1. The molecule has 1 atom stereocenters. The van der Waals surface area contributed by atoms with E-state index in [4.69, 9.17) is 14.5 Å². The molecule has 4 rings (SSSR count). The van der Waals surface area contributed by atoms with Gasteiger partial charge in [-0.05, 0) is 55.8 Å². The molecular weight excluding hydrogens is 435 g/mol. The third-order valence-electron chi connectivity index (χ3n) is 6.21. The van der Waals surface area contributed by atoms with E-state index in [1.165, 1.54) is 13.2 Å². The monoisotopic (exact) mass is 466 g/mol. The first kappa shape index (κ1) is 23.8. The first-order valence-corrected chi connectivity index (χ1v) is 11.5. The number of amides is 1. The number of carbonyl (C=O) groups is 1. The van der Waals surface area contributed by atoms with E-state index in [0.717, 1.165) is 54.1 Å². The highest BCUT2D eigenvalue weighted by Crippen LogP contribution is 2.37. The lowest BCUT2D eigenvalue weighted by molar-refractivity contribution is -0.121. The van der Waals surface area contributed by atoms with Gasteiger partial charge in [-0.2, -0.15) is 0 Å². The Morgan fingerprint density at radius 1 is 1.21 bits per heavy atom. The number of fused-ring (bicyclic) bond motifs is 1. The molecular formula is C26H31FN4O3. The van der Waals surface area contributed by atoms with Gasteiger partial charge in [0.2, 0.25) is 5.91 Å². The third-order valence-corrected chi connectivity index (χ3v) is 6.21. The number of methoxy groups -OCH3 is 1. The normalized spacial score (nSPS) is 15.5. The third kappa shape index (κ3) is 5.22. The molecule has 0 aliphatic carbocycles. The van der Waals surface area contributed by atoms with Crippen LogP contribution in [0.15, 0.2) is 42.5 Å². The maximum Gasteiger partial charge on any atom is 0.220 e. The van der Waals surface area contributed by atoms with Crippen molar-refractivity contribution >= 4 is 22.5 Å². The van der Waals surface area contributed by atoms with Gasteiger partial charge in [0, 0.05) is 55.8 Å². The molecule has 1 saturated heterocycles. The molecule has 1 amide bonds. The second kappa shape index (κ2) is 10.7. The standard InChI is InChI=1S/C26H31FN4O3/c1-28-9-11-34-19-6-4-18(5-7-19)22-14-24(31-10-8-17(16-31)12-26(32)29-2)20-13-21(27)25(33-3)15-23(20)30-22/h4-7,13-15,17,28H,8-12,16H2,1-3H3,(H,29,32). The van der Waals surface area contributed by atoms with Crippen molar-refractivity contribution in [2.24, 2.45) is 5.92 Å². The fraction of sp³-hybridized carbons (Fsp3) is 0.385. The number of benzene rings is 2. The number of likely N-dealkylation sites (N-methyl/N-ethyl adjacent to an activating group) is 1. The average molecular weight is 467 g/mol. The van der Waals surface area contributed by atoms with Crippen LogP contribution in [0.2, 0.25) is 0 Å². The number of nitrogens with zero attached hydrogens (tertiary/aromatic N) is 2. The fourth-order valence-corrected chi connectivity index (χ4v) is 4.35. The average Bonchev–Trinajstić information content (AvgIpc) is 3.31. The van der Waals surface area contributed by atoms with Crippen LogP contribution in [-0.2, 0) is 4.79 Å². The second-order valence-corrected chi connectivity index (χ2v) is 8.48. The van der Waals surface area contributed by atoms with Crippen LogP contribution in [0.3, 0.4) is 0 Å². The Morgan fingerprint density at radius 3 is 2.71 bits per heavy atom. The van der Waals surface area contributed by atoms with Gasteiger partial charge in [0.15, 0.2) is 11.6 Å². The number of anilines is 1. The van der Waals surface area contributed by atoms with Crippen LogP contribution < -0.4 is 25.0 Å². The van der Waals surface area contributed by atoms with Crippen LogP contribution in [0, 0.1) is 11.7 Å². The number of nitrogens with one attached hydrogen (secondary N) is 2. The Bertz CT molecular complexity index is 1150. The van der Waals surface area contributed by atoms with Gasteiger partial charge in [0.05, 0.1) is 18.3 Å². The van der Waals surface area contributed by atoms with Gasteiger partial charge in [-0.15, -0.1) is 0 Å². The van der Waals surface area contributed by atoms with Crippen LogP contribution >= 0.6 is 0 Å². The summed E-state index contributed by atoms with van der Waals surface area (Å²) >= 11 is 0. The highest BCUT2D eigenvalue weighted by Gasteiger charge is 2.26. The smallest absolute Gasteiger partial charge is 0.220 e. The van der Waals surface area contributed by atoms with Crippen molar-refractivity contribution in [3.63, 3.8) is 0 Å². The molecule has 1 unspecified atom stereocenters. The molecule has 2 N–H and O–H groups in total. The second-order valence-electron chi connectivity index (χ2n) is 8.48. The number of pyridine rings is 1. The topological polar surface area (TPSA) is 75.7 Å². The minimum absolute atomic E-state index is 0.0416. The van der Waals surface area contributed by atoms with Gasteiger partial charge in [-0.25, -0.2) is 9.37 Å². The van der Waals surface area contributed by atoms with Crippen molar-refractivity contribution < 1.29 is 18.7 Å². The molecule has 0 saturated carbocycles. The summed E-state index contributed by atoms with van der Waals surface area (Å²) in [6.07, 6.45) is 1.39.